The van der Waals surface area contributed by atoms with Crippen LogP contribution in [0.25, 0.3) is 0 Å². The Labute approximate surface area is 120 Å². The van der Waals surface area contributed by atoms with Crippen LogP contribution >= 0.6 is 0 Å². The van der Waals surface area contributed by atoms with Gasteiger partial charge in [-0.1, -0.05) is 12.8 Å². The molecular formula is C15H24N4O. The fourth-order valence-corrected chi connectivity index (χ4v) is 3.53. The van der Waals surface area contributed by atoms with E-state index in [0.29, 0.717) is 6.04 Å². The molecule has 1 amide bonds. The monoisotopic (exact) mass is 276 g/mol. The summed E-state index contributed by atoms with van der Waals surface area (Å²) in [6.45, 7) is 1.59. The first-order chi connectivity index (χ1) is 9.83. The molecule has 3 rings (SSSR count). The van der Waals surface area contributed by atoms with Crippen molar-refractivity contribution in [2.75, 3.05) is 6.54 Å². The number of nitrogens with zero attached hydrogens (tertiary/aromatic N) is 2. The molecule has 110 valence electrons. The van der Waals surface area contributed by atoms with Crippen LogP contribution in [0.2, 0.25) is 0 Å². The van der Waals surface area contributed by atoms with E-state index in [1.54, 1.807) is 6.20 Å². The Bertz CT molecular complexity index is 417. The summed E-state index contributed by atoms with van der Waals surface area (Å²) < 4.78 is 1.90. The predicted molar refractivity (Wildman–Crippen MR) is 77.1 cm³/mol. The van der Waals surface area contributed by atoms with Crippen molar-refractivity contribution in [1.29, 1.82) is 0 Å². The summed E-state index contributed by atoms with van der Waals surface area (Å²) in [5, 5.41) is 10.7. The highest BCUT2D eigenvalue weighted by Gasteiger charge is 2.37. The van der Waals surface area contributed by atoms with Crippen molar-refractivity contribution in [2.24, 2.45) is 5.92 Å². The molecule has 1 aliphatic heterocycles. The summed E-state index contributed by atoms with van der Waals surface area (Å²) >= 11 is 0. The molecule has 5 nitrogen and oxygen atoms in total. The van der Waals surface area contributed by atoms with Crippen molar-refractivity contribution < 1.29 is 4.79 Å². The van der Waals surface area contributed by atoms with Crippen LogP contribution in [-0.2, 0) is 11.3 Å². The van der Waals surface area contributed by atoms with E-state index in [9.17, 15) is 4.79 Å². The number of aryl methyl sites for hydroxylation is 1. The SMILES string of the molecule is O=C(NCCCn1cccn1)C1CC2CCCCC2N1. The molecule has 5 heteroatoms. The average Bonchev–Trinajstić information content (AvgIpc) is 3.12. The van der Waals surface area contributed by atoms with Crippen molar-refractivity contribution in [2.45, 2.75) is 57.2 Å². The summed E-state index contributed by atoms with van der Waals surface area (Å²) in [6.07, 6.45) is 10.9. The molecule has 2 N–H and O–H groups in total. The molecule has 0 radical (unpaired) electrons. The standard InChI is InChI=1S/C15H24N4O/c20-15(16-7-3-9-19-10-4-8-17-19)14-11-12-5-1-2-6-13(12)18-14/h4,8,10,12-14,18H,1-3,5-7,9,11H2,(H,16,20). The molecule has 2 aliphatic rings. The summed E-state index contributed by atoms with van der Waals surface area (Å²) in [4.78, 5) is 12.2. The maximum absolute atomic E-state index is 12.2. The van der Waals surface area contributed by atoms with Gasteiger partial charge in [0.2, 0.25) is 5.91 Å². The van der Waals surface area contributed by atoms with E-state index in [0.717, 1.165) is 31.8 Å². The fourth-order valence-electron chi connectivity index (χ4n) is 3.53. The maximum Gasteiger partial charge on any atom is 0.237 e. The molecule has 1 saturated carbocycles. The van der Waals surface area contributed by atoms with Gasteiger partial charge in [-0.25, -0.2) is 0 Å². The first kappa shape index (κ1) is 13.6. The maximum atomic E-state index is 12.2. The van der Waals surface area contributed by atoms with Crippen LogP contribution in [0.15, 0.2) is 18.5 Å². The van der Waals surface area contributed by atoms with Gasteiger partial charge in [0.05, 0.1) is 6.04 Å². The van der Waals surface area contributed by atoms with Crippen molar-refractivity contribution in [3.8, 4) is 0 Å². The minimum atomic E-state index is 0.0350. The first-order valence-corrected chi connectivity index (χ1v) is 7.84. The number of rotatable bonds is 5. The second-order valence-corrected chi connectivity index (χ2v) is 6.02. The quantitative estimate of drug-likeness (QED) is 0.797. The van der Waals surface area contributed by atoms with Gasteiger partial charge in [0, 0.05) is 31.5 Å². The topological polar surface area (TPSA) is 59.0 Å². The zero-order chi connectivity index (χ0) is 13.8. The minimum absolute atomic E-state index is 0.0350. The number of carbonyl (C=O) groups excluding carboxylic acids is 1. The highest BCUT2D eigenvalue weighted by Crippen LogP contribution is 2.33. The number of hydrogen-bond acceptors (Lipinski definition) is 3. The van der Waals surface area contributed by atoms with Crippen molar-refractivity contribution in [1.82, 2.24) is 20.4 Å². The number of amides is 1. The van der Waals surface area contributed by atoms with Gasteiger partial charge >= 0.3 is 0 Å². The van der Waals surface area contributed by atoms with Crippen molar-refractivity contribution >= 4 is 5.91 Å². The number of aromatic nitrogens is 2. The number of hydrogen-bond donors (Lipinski definition) is 2. The third-order valence-electron chi connectivity index (χ3n) is 4.60. The molecular weight excluding hydrogens is 252 g/mol. The van der Waals surface area contributed by atoms with Crippen molar-refractivity contribution in [3.63, 3.8) is 0 Å². The second kappa shape index (κ2) is 6.39. The van der Waals surface area contributed by atoms with Crippen molar-refractivity contribution in [3.05, 3.63) is 18.5 Å². The molecule has 0 aromatic carbocycles. The molecule has 2 heterocycles. The van der Waals surface area contributed by atoms with Gasteiger partial charge in [-0.2, -0.15) is 5.10 Å². The van der Waals surface area contributed by atoms with Gasteiger partial charge in [0.15, 0.2) is 0 Å². The minimum Gasteiger partial charge on any atom is -0.355 e. The molecule has 1 saturated heterocycles. The van der Waals surface area contributed by atoms with E-state index in [1.807, 2.05) is 16.9 Å². The third-order valence-corrected chi connectivity index (χ3v) is 4.60. The Morgan fingerprint density at radius 1 is 1.40 bits per heavy atom. The van der Waals surface area contributed by atoms with Crippen LogP contribution in [0, 0.1) is 5.92 Å². The smallest absolute Gasteiger partial charge is 0.237 e. The molecule has 3 unspecified atom stereocenters. The molecule has 0 bridgehead atoms. The number of nitrogens with one attached hydrogen (secondary N) is 2. The molecule has 2 fully saturated rings. The predicted octanol–water partition coefficient (Wildman–Crippen LogP) is 1.31. The first-order valence-electron chi connectivity index (χ1n) is 7.84. The average molecular weight is 276 g/mol. The van der Waals surface area contributed by atoms with E-state index >= 15 is 0 Å². The molecule has 20 heavy (non-hydrogen) atoms. The normalized spacial score (nSPS) is 29.1. The summed E-state index contributed by atoms with van der Waals surface area (Å²) in [5.74, 6) is 0.906. The van der Waals surface area contributed by atoms with Gasteiger partial charge in [-0.05, 0) is 37.7 Å². The summed E-state index contributed by atoms with van der Waals surface area (Å²) in [7, 11) is 0. The Morgan fingerprint density at radius 2 is 2.30 bits per heavy atom. The van der Waals surface area contributed by atoms with Gasteiger partial charge < -0.3 is 10.6 Å². The van der Waals surface area contributed by atoms with Gasteiger partial charge in [-0.15, -0.1) is 0 Å². The third kappa shape index (κ3) is 3.20. The highest BCUT2D eigenvalue weighted by molar-refractivity contribution is 5.82. The lowest BCUT2D eigenvalue weighted by atomic mass is 9.85. The van der Waals surface area contributed by atoms with Gasteiger partial charge in [0.1, 0.15) is 0 Å². The molecule has 0 spiro atoms. The van der Waals surface area contributed by atoms with E-state index in [2.05, 4.69) is 15.7 Å². The van der Waals surface area contributed by atoms with Crippen LogP contribution in [0.4, 0.5) is 0 Å². The number of carbonyl (C=O) groups is 1. The zero-order valence-corrected chi connectivity index (χ0v) is 11.9. The van der Waals surface area contributed by atoms with Gasteiger partial charge in [-0.3, -0.25) is 9.48 Å². The Balaban J connectivity index is 1.37. The Kier molecular flexibility index (Phi) is 4.35. The summed E-state index contributed by atoms with van der Waals surface area (Å²) in [6, 6.07) is 2.54. The molecule has 1 aliphatic carbocycles. The summed E-state index contributed by atoms with van der Waals surface area (Å²) in [5.41, 5.74) is 0. The lowest BCUT2D eigenvalue weighted by Crippen LogP contribution is -2.43. The fraction of sp³-hybridized carbons (Fsp3) is 0.733. The van der Waals surface area contributed by atoms with E-state index in [1.165, 1.54) is 25.7 Å². The largest absolute Gasteiger partial charge is 0.355 e. The van der Waals surface area contributed by atoms with Gasteiger partial charge in [0.25, 0.3) is 0 Å². The van der Waals surface area contributed by atoms with E-state index in [4.69, 9.17) is 0 Å². The zero-order valence-electron chi connectivity index (χ0n) is 11.9. The molecule has 3 atom stereocenters. The van der Waals surface area contributed by atoms with E-state index in [-0.39, 0.29) is 11.9 Å². The Hall–Kier alpha value is -1.36. The van der Waals surface area contributed by atoms with Crippen LogP contribution < -0.4 is 10.6 Å². The van der Waals surface area contributed by atoms with E-state index < -0.39 is 0 Å². The lowest BCUT2D eigenvalue weighted by molar-refractivity contribution is -0.122. The van der Waals surface area contributed by atoms with Crippen LogP contribution in [0.1, 0.15) is 38.5 Å². The van der Waals surface area contributed by atoms with Crippen LogP contribution in [0.3, 0.4) is 0 Å². The molecule has 1 aromatic heterocycles. The lowest BCUT2D eigenvalue weighted by Gasteiger charge is -2.24. The second-order valence-electron chi connectivity index (χ2n) is 6.02. The Morgan fingerprint density at radius 3 is 3.10 bits per heavy atom. The van der Waals surface area contributed by atoms with Crippen LogP contribution in [-0.4, -0.2) is 34.3 Å². The molecule has 1 aromatic rings. The number of fused-ring (bicyclic) bond motifs is 1. The van der Waals surface area contributed by atoms with Crippen LogP contribution in [0.5, 0.6) is 0 Å². The highest BCUT2D eigenvalue weighted by atomic mass is 16.2.